The highest BCUT2D eigenvalue weighted by Crippen LogP contribution is 2.57. The Hall–Kier alpha value is -6.34. The molecule has 8 rings (SSSR count). The van der Waals surface area contributed by atoms with E-state index in [4.69, 9.17) is 14.1 Å². The topological polar surface area (TPSA) is 173 Å². The van der Waals surface area contributed by atoms with Crippen LogP contribution in [0.25, 0.3) is 33.5 Å². The number of alkyl halides is 3. The van der Waals surface area contributed by atoms with Crippen molar-refractivity contribution >= 4 is 49.7 Å². The Morgan fingerprint density at radius 3 is 2.42 bits per heavy atom. The van der Waals surface area contributed by atoms with Crippen LogP contribution in [0.2, 0.25) is 0 Å². The molecule has 2 saturated carbocycles. The minimum absolute atomic E-state index is 0.0222. The molecule has 0 unspecified atom stereocenters. The van der Waals surface area contributed by atoms with Crippen molar-refractivity contribution in [3.8, 4) is 23.3 Å². The van der Waals surface area contributed by atoms with E-state index in [1.165, 1.54) is 17.0 Å². The van der Waals surface area contributed by atoms with Gasteiger partial charge in [-0.15, -0.1) is 13.2 Å². The van der Waals surface area contributed by atoms with E-state index in [1.54, 1.807) is 54.6 Å². The first-order valence-electron chi connectivity index (χ1n) is 21.8. The van der Waals surface area contributed by atoms with Crippen molar-refractivity contribution in [1.29, 1.82) is 5.26 Å². The molecule has 1 N–H and O–H groups in total. The fourth-order valence-corrected chi connectivity index (χ4v) is 10.3. The normalized spacial score (nSPS) is 21.1. The summed E-state index contributed by atoms with van der Waals surface area (Å²) in [6.07, 6.45) is 2.75. The third-order valence-electron chi connectivity index (χ3n) is 12.8. The Kier molecular flexibility index (Phi) is 12.7. The summed E-state index contributed by atoms with van der Waals surface area (Å²) in [6, 6.07) is 19.5. The van der Waals surface area contributed by atoms with Crippen LogP contribution >= 0.6 is 0 Å². The van der Waals surface area contributed by atoms with Gasteiger partial charge in [0.25, 0.3) is 5.88 Å². The number of ether oxygens (including phenoxy) is 1. The van der Waals surface area contributed by atoms with E-state index in [0.717, 1.165) is 37.0 Å². The lowest BCUT2D eigenvalue weighted by molar-refractivity contribution is -0.142. The molecule has 1 aliphatic heterocycles. The molecular formula is C49H48F3N5O7S. The van der Waals surface area contributed by atoms with Gasteiger partial charge in [-0.2, -0.15) is 23.4 Å². The summed E-state index contributed by atoms with van der Waals surface area (Å²) in [6.45, 7) is 7.57. The molecule has 3 heterocycles. The van der Waals surface area contributed by atoms with Crippen molar-refractivity contribution < 1.29 is 45.1 Å². The number of hydrogen-bond acceptors (Lipinski definition) is 10. The van der Waals surface area contributed by atoms with E-state index in [-0.39, 0.29) is 54.6 Å². The SMILES string of the molecule is C=CCCCCC[C@H](Cc1ccc(C#N)cc1)C(=O)N1C[C@H](Oc2nc(-c3ccc(C(F)(F)F)cc3)nc3c2oc2ccccc23)C[C@H]1C(=O)C[C@]1(C(=O)NS(=O)(=O)C2CC2)C[C@H]1C=C. The zero-order valence-electron chi connectivity index (χ0n) is 35.6. The number of carbonyl (C=O) groups excluding carboxylic acids is 3. The number of allylic oxidation sites excluding steroid dienone is 2. The first kappa shape index (κ1) is 45.2. The number of nitriles is 1. The fraction of sp³-hybridized carbons (Fsp3) is 0.388. The predicted octanol–water partition coefficient (Wildman–Crippen LogP) is 9.04. The van der Waals surface area contributed by atoms with Gasteiger partial charge in [-0.1, -0.05) is 61.4 Å². The van der Waals surface area contributed by atoms with E-state index < -0.39 is 68.1 Å². The maximum atomic E-state index is 15.0. The molecule has 0 bridgehead atoms. The maximum absolute atomic E-state index is 15.0. The van der Waals surface area contributed by atoms with Crippen molar-refractivity contribution in [3.05, 3.63) is 115 Å². The van der Waals surface area contributed by atoms with Gasteiger partial charge in [-0.05, 0) is 92.8 Å². The predicted molar refractivity (Wildman–Crippen MR) is 236 cm³/mol. The lowest BCUT2D eigenvalue weighted by Gasteiger charge is -2.29. The number of para-hydroxylation sites is 1. The van der Waals surface area contributed by atoms with Gasteiger partial charge in [0.15, 0.2) is 11.6 Å². The summed E-state index contributed by atoms with van der Waals surface area (Å²) in [5.41, 5.74) is 0.313. The Labute approximate surface area is 374 Å². The molecule has 2 aromatic heterocycles. The van der Waals surface area contributed by atoms with Crippen molar-refractivity contribution in [2.45, 2.75) is 94.2 Å². The Morgan fingerprint density at radius 2 is 1.75 bits per heavy atom. The number of halogens is 3. The van der Waals surface area contributed by atoms with Crippen molar-refractivity contribution in [1.82, 2.24) is 19.6 Å². The summed E-state index contributed by atoms with van der Waals surface area (Å²) in [4.78, 5) is 54.4. The van der Waals surface area contributed by atoms with Gasteiger partial charge in [-0.3, -0.25) is 19.1 Å². The number of rotatable bonds is 19. The minimum Gasteiger partial charge on any atom is -0.470 e. The van der Waals surface area contributed by atoms with Gasteiger partial charge in [0, 0.05) is 29.7 Å². The van der Waals surface area contributed by atoms with Gasteiger partial charge in [0.2, 0.25) is 27.4 Å². The number of hydrogen-bond donors (Lipinski definition) is 1. The monoisotopic (exact) mass is 907 g/mol. The molecule has 16 heteroatoms. The molecule has 3 aromatic carbocycles. The Morgan fingerprint density at radius 1 is 1.02 bits per heavy atom. The van der Waals surface area contributed by atoms with Gasteiger partial charge in [-0.25, -0.2) is 13.4 Å². The highest BCUT2D eigenvalue weighted by atomic mass is 32.2. The number of unbranched alkanes of at least 4 members (excludes halogenated alkanes) is 3. The molecule has 65 heavy (non-hydrogen) atoms. The number of aromatic nitrogens is 2. The van der Waals surface area contributed by atoms with E-state index in [9.17, 15) is 36.4 Å². The van der Waals surface area contributed by atoms with Crippen LogP contribution in [0, 0.1) is 28.6 Å². The molecule has 5 aromatic rings. The number of benzene rings is 3. The number of nitrogens with zero attached hydrogens (tertiary/aromatic N) is 4. The lowest BCUT2D eigenvalue weighted by atomic mass is 9.89. The highest BCUT2D eigenvalue weighted by molar-refractivity contribution is 7.90. The fourth-order valence-electron chi connectivity index (χ4n) is 8.88. The smallest absolute Gasteiger partial charge is 0.416 e. The Balaban J connectivity index is 1.14. The van der Waals surface area contributed by atoms with Crippen LogP contribution in [0.15, 0.2) is 103 Å². The van der Waals surface area contributed by atoms with Crippen molar-refractivity contribution in [2.75, 3.05) is 6.54 Å². The second kappa shape index (κ2) is 18.3. The number of ketones is 1. The van der Waals surface area contributed by atoms with Crippen molar-refractivity contribution in [2.24, 2.45) is 17.3 Å². The van der Waals surface area contributed by atoms with E-state index in [2.05, 4.69) is 28.9 Å². The first-order valence-corrected chi connectivity index (χ1v) is 23.3. The zero-order valence-corrected chi connectivity index (χ0v) is 36.4. The van der Waals surface area contributed by atoms with Crippen LogP contribution in [0.1, 0.15) is 80.9 Å². The largest absolute Gasteiger partial charge is 0.470 e. The molecule has 2 amide bonds. The second-order valence-electron chi connectivity index (χ2n) is 17.3. The average molecular weight is 908 g/mol. The number of sulfonamides is 1. The first-order chi connectivity index (χ1) is 31.1. The summed E-state index contributed by atoms with van der Waals surface area (Å²) < 4.78 is 81.4. The zero-order chi connectivity index (χ0) is 46.1. The number of furan rings is 1. The Bertz CT molecular complexity index is 2800. The number of carbonyl (C=O) groups is 3. The number of Topliss-reactive ketones (excluding diaryl/α,β-unsaturated/α-hetero) is 1. The number of fused-ring (bicyclic) bond motifs is 3. The maximum Gasteiger partial charge on any atom is 0.416 e. The summed E-state index contributed by atoms with van der Waals surface area (Å²) in [5, 5.41) is 9.35. The molecule has 0 radical (unpaired) electrons. The van der Waals surface area contributed by atoms with Crippen LogP contribution in [-0.4, -0.2) is 64.8 Å². The summed E-state index contributed by atoms with van der Waals surface area (Å²) in [7, 11) is -3.93. The number of likely N-dealkylation sites (tertiary alicyclic amines) is 1. The number of nitrogens with one attached hydrogen (secondary N) is 1. The van der Waals surface area contributed by atoms with Crippen molar-refractivity contribution in [3.63, 3.8) is 0 Å². The number of amides is 2. The van der Waals surface area contributed by atoms with Crippen LogP contribution in [0.3, 0.4) is 0 Å². The van der Waals surface area contributed by atoms with E-state index in [0.29, 0.717) is 54.2 Å². The van der Waals surface area contributed by atoms with Crippen LogP contribution in [-0.2, 0) is 37.0 Å². The third-order valence-corrected chi connectivity index (χ3v) is 14.6. The standard InChI is InChI=1S/C49H48F3N5O7S/c1-3-5-6-7-8-11-33(24-30-14-16-31(28-53)17-15-30)46(59)57-29-36(25-39(57)40(58)27-48(26-34(48)4-2)47(60)56-65(61,62)37-22-23-37)63-45-43-42(38-12-9-10-13-41(38)64-43)54-44(55-45)32-18-20-35(21-19-32)49(50,51)52/h3-4,9-10,12-21,33-34,36-37,39H,1-2,5-8,11,22-27,29H2,(H,56,60)/t33-,34-,36-,39+,48-/m1/s1. The lowest BCUT2D eigenvalue weighted by Crippen LogP contribution is -2.46. The second-order valence-corrected chi connectivity index (χ2v) is 19.3. The molecule has 338 valence electrons. The van der Waals surface area contributed by atoms with Crippen LogP contribution < -0.4 is 9.46 Å². The van der Waals surface area contributed by atoms with Gasteiger partial charge < -0.3 is 14.1 Å². The van der Waals surface area contributed by atoms with Gasteiger partial charge in [0.05, 0.1) is 40.4 Å². The molecule has 12 nitrogen and oxygen atoms in total. The third kappa shape index (κ3) is 9.71. The van der Waals surface area contributed by atoms with E-state index in [1.807, 2.05) is 6.08 Å². The summed E-state index contributed by atoms with van der Waals surface area (Å²) >= 11 is 0. The van der Waals surface area contributed by atoms with Crippen LogP contribution in [0.5, 0.6) is 5.88 Å². The molecule has 0 spiro atoms. The molecule has 5 atom stereocenters. The quantitative estimate of drug-likeness (QED) is 0.0623. The van der Waals surface area contributed by atoms with Crippen LogP contribution in [0.4, 0.5) is 13.2 Å². The average Bonchev–Trinajstić information content (AvgIpc) is 4.20. The molecule has 2 aliphatic carbocycles. The molecular weight excluding hydrogens is 860 g/mol. The minimum atomic E-state index is -4.56. The van der Waals surface area contributed by atoms with Gasteiger partial charge >= 0.3 is 6.18 Å². The molecule has 3 fully saturated rings. The molecule has 3 aliphatic rings. The summed E-state index contributed by atoms with van der Waals surface area (Å²) in [5.74, 6) is -2.57. The van der Waals surface area contributed by atoms with Gasteiger partial charge in [0.1, 0.15) is 17.2 Å². The molecule has 1 saturated heterocycles. The highest BCUT2D eigenvalue weighted by Gasteiger charge is 2.61. The van der Waals surface area contributed by atoms with E-state index >= 15 is 4.79 Å².